The van der Waals surface area contributed by atoms with Gasteiger partial charge in [0.25, 0.3) is 0 Å². The summed E-state index contributed by atoms with van der Waals surface area (Å²) in [5, 5.41) is 4.39. The topological polar surface area (TPSA) is 37.4 Å². The molecule has 5 heteroatoms. The molecule has 20 heavy (non-hydrogen) atoms. The van der Waals surface area contributed by atoms with Gasteiger partial charge in [0.1, 0.15) is 0 Å². The van der Waals surface area contributed by atoms with E-state index in [1.165, 1.54) is 4.88 Å². The Morgan fingerprint density at radius 3 is 2.75 bits per heavy atom. The highest BCUT2D eigenvalue weighted by atomic mass is 32.1. The Morgan fingerprint density at radius 1 is 1.30 bits per heavy atom. The van der Waals surface area contributed by atoms with Crippen LogP contribution in [0.2, 0.25) is 0 Å². The number of aryl methyl sites for hydroxylation is 1. The van der Waals surface area contributed by atoms with Crippen LogP contribution in [0.3, 0.4) is 0 Å². The van der Waals surface area contributed by atoms with Crippen molar-refractivity contribution >= 4 is 22.2 Å². The van der Waals surface area contributed by atoms with Gasteiger partial charge in [0, 0.05) is 37.8 Å². The van der Waals surface area contributed by atoms with Gasteiger partial charge in [0.05, 0.1) is 12.3 Å². The molecule has 0 amide bonds. The number of anilines is 2. The van der Waals surface area contributed by atoms with Crippen LogP contribution in [0.15, 0.2) is 30.3 Å². The van der Waals surface area contributed by atoms with Gasteiger partial charge in [0.2, 0.25) is 0 Å². The maximum atomic E-state index is 5.03. The van der Waals surface area contributed by atoms with E-state index >= 15 is 0 Å². The monoisotopic (exact) mass is 291 g/mol. The average Bonchev–Trinajstić information content (AvgIpc) is 2.85. The molecule has 1 aromatic heterocycles. The molecule has 1 aromatic carbocycles. The van der Waals surface area contributed by atoms with Gasteiger partial charge in [-0.1, -0.05) is 29.5 Å². The first kappa shape index (κ1) is 15.0. The highest BCUT2D eigenvalue weighted by Gasteiger charge is 2.12. The molecule has 108 valence electrons. The van der Waals surface area contributed by atoms with Gasteiger partial charge in [-0.3, -0.25) is 0 Å². The fourth-order valence-corrected chi connectivity index (χ4v) is 2.87. The predicted molar refractivity (Wildman–Crippen MR) is 84.9 cm³/mol. The predicted octanol–water partition coefficient (Wildman–Crippen LogP) is 2.96. The molecular weight excluding hydrogens is 270 g/mol. The minimum Gasteiger partial charge on any atom is -0.383 e. The van der Waals surface area contributed by atoms with Crippen LogP contribution in [-0.2, 0) is 11.3 Å². The van der Waals surface area contributed by atoms with Gasteiger partial charge in [-0.15, -0.1) is 0 Å². The van der Waals surface area contributed by atoms with Crippen molar-refractivity contribution in [2.75, 3.05) is 32.2 Å². The first-order valence-electron chi connectivity index (χ1n) is 6.67. The first-order chi connectivity index (χ1) is 9.72. The average molecular weight is 291 g/mol. The quantitative estimate of drug-likeness (QED) is 0.796. The minimum absolute atomic E-state index is 0.731. The number of hydrogen-bond acceptors (Lipinski definition) is 5. The summed E-state index contributed by atoms with van der Waals surface area (Å²) in [7, 11) is 3.77. The fraction of sp³-hybridized carbons (Fsp3) is 0.400. The van der Waals surface area contributed by atoms with Gasteiger partial charge in [-0.2, -0.15) is 0 Å². The third kappa shape index (κ3) is 3.79. The number of hydrogen-bond donors (Lipinski definition) is 1. The van der Waals surface area contributed by atoms with Crippen LogP contribution in [-0.4, -0.2) is 32.3 Å². The van der Waals surface area contributed by atoms with Crippen LogP contribution in [0.4, 0.5) is 10.8 Å². The van der Waals surface area contributed by atoms with E-state index in [-0.39, 0.29) is 0 Å². The van der Waals surface area contributed by atoms with E-state index in [0.29, 0.717) is 0 Å². The molecule has 0 saturated carbocycles. The second-order valence-electron chi connectivity index (χ2n) is 4.57. The fourth-order valence-electron chi connectivity index (χ4n) is 1.86. The van der Waals surface area contributed by atoms with Crippen LogP contribution in [0.1, 0.15) is 10.6 Å². The standard InChI is InChI=1S/C15H21N3OS/c1-12-14(11-16-9-10-19-3)20-15(17-12)18(2)13-7-5-4-6-8-13/h4-8,16H,9-11H2,1-3H3. The third-order valence-electron chi connectivity index (χ3n) is 3.08. The Labute approximate surface area is 124 Å². The number of para-hydroxylation sites is 1. The van der Waals surface area contributed by atoms with E-state index in [2.05, 4.69) is 41.3 Å². The molecule has 0 radical (unpaired) electrons. The Bertz CT molecular complexity index is 527. The lowest BCUT2D eigenvalue weighted by molar-refractivity contribution is 0.199. The molecule has 2 rings (SSSR count). The van der Waals surface area contributed by atoms with Crippen molar-refractivity contribution in [3.05, 3.63) is 40.9 Å². The van der Waals surface area contributed by atoms with E-state index < -0.39 is 0 Å². The molecule has 0 aliphatic carbocycles. The molecule has 4 nitrogen and oxygen atoms in total. The minimum atomic E-state index is 0.731. The van der Waals surface area contributed by atoms with E-state index in [1.54, 1.807) is 18.4 Å². The van der Waals surface area contributed by atoms with Gasteiger partial charge < -0.3 is 15.0 Å². The molecular formula is C15H21N3OS. The number of ether oxygens (including phenoxy) is 1. The van der Waals surface area contributed by atoms with Crippen LogP contribution in [0, 0.1) is 6.92 Å². The van der Waals surface area contributed by atoms with E-state index in [0.717, 1.165) is 36.2 Å². The van der Waals surface area contributed by atoms with Gasteiger partial charge in [-0.25, -0.2) is 4.98 Å². The Balaban J connectivity index is 2.03. The van der Waals surface area contributed by atoms with E-state index in [4.69, 9.17) is 4.74 Å². The van der Waals surface area contributed by atoms with Crippen LogP contribution in [0.25, 0.3) is 0 Å². The molecule has 1 N–H and O–H groups in total. The summed E-state index contributed by atoms with van der Waals surface area (Å²) in [6.07, 6.45) is 0. The lowest BCUT2D eigenvalue weighted by Crippen LogP contribution is -2.18. The summed E-state index contributed by atoms with van der Waals surface area (Å²) in [6, 6.07) is 10.3. The Kier molecular flexibility index (Phi) is 5.52. The zero-order chi connectivity index (χ0) is 14.4. The summed E-state index contributed by atoms with van der Waals surface area (Å²) in [4.78, 5) is 8.06. The zero-order valence-corrected chi connectivity index (χ0v) is 13.0. The molecule has 0 bridgehead atoms. The molecule has 0 atom stereocenters. The normalized spacial score (nSPS) is 10.8. The lowest BCUT2D eigenvalue weighted by atomic mass is 10.3. The van der Waals surface area contributed by atoms with Gasteiger partial charge in [-0.05, 0) is 19.1 Å². The lowest BCUT2D eigenvalue weighted by Gasteiger charge is -2.15. The summed E-state index contributed by atoms with van der Waals surface area (Å²) < 4.78 is 5.03. The number of aromatic nitrogens is 1. The molecule has 0 aliphatic rings. The van der Waals surface area contributed by atoms with Gasteiger partial charge in [0.15, 0.2) is 5.13 Å². The van der Waals surface area contributed by atoms with Crippen LogP contribution < -0.4 is 10.2 Å². The number of nitrogens with zero attached hydrogens (tertiary/aromatic N) is 2. The maximum absolute atomic E-state index is 5.03. The summed E-state index contributed by atoms with van der Waals surface area (Å²) in [6.45, 7) is 4.49. The molecule has 0 fully saturated rings. The Hall–Kier alpha value is -1.43. The van der Waals surface area contributed by atoms with E-state index in [9.17, 15) is 0 Å². The van der Waals surface area contributed by atoms with E-state index in [1.807, 2.05) is 18.2 Å². The Morgan fingerprint density at radius 2 is 2.05 bits per heavy atom. The first-order valence-corrected chi connectivity index (χ1v) is 7.48. The number of benzene rings is 1. The molecule has 0 saturated heterocycles. The molecule has 0 aliphatic heterocycles. The van der Waals surface area contributed by atoms with Crippen molar-refractivity contribution in [2.24, 2.45) is 0 Å². The molecule has 1 heterocycles. The van der Waals surface area contributed by atoms with Crippen molar-refractivity contribution in [2.45, 2.75) is 13.5 Å². The number of nitrogens with one attached hydrogen (secondary N) is 1. The van der Waals surface area contributed by atoms with Crippen LogP contribution in [0.5, 0.6) is 0 Å². The third-order valence-corrected chi connectivity index (χ3v) is 4.31. The maximum Gasteiger partial charge on any atom is 0.190 e. The largest absolute Gasteiger partial charge is 0.383 e. The number of methoxy groups -OCH3 is 1. The van der Waals surface area contributed by atoms with Crippen molar-refractivity contribution in [3.8, 4) is 0 Å². The number of thiazole rings is 1. The SMILES string of the molecule is COCCNCc1sc(N(C)c2ccccc2)nc1C. The summed E-state index contributed by atoms with van der Waals surface area (Å²) in [5.74, 6) is 0. The molecule has 0 spiro atoms. The van der Waals surface area contributed by atoms with Crippen LogP contribution >= 0.6 is 11.3 Å². The summed E-state index contributed by atoms with van der Waals surface area (Å²) >= 11 is 1.73. The van der Waals surface area contributed by atoms with Gasteiger partial charge >= 0.3 is 0 Å². The number of rotatable bonds is 7. The highest BCUT2D eigenvalue weighted by Crippen LogP contribution is 2.30. The smallest absolute Gasteiger partial charge is 0.190 e. The highest BCUT2D eigenvalue weighted by molar-refractivity contribution is 7.15. The van der Waals surface area contributed by atoms with Crippen molar-refractivity contribution in [3.63, 3.8) is 0 Å². The zero-order valence-electron chi connectivity index (χ0n) is 12.2. The second-order valence-corrected chi connectivity index (χ2v) is 5.63. The second kappa shape index (κ2) is 7.38. The summed E-state index contributed by atoms with van der Waals surface area (Å²) in [5.41, 5.74) is 2.25. The van der Waals surface area contributed by atoms with Crippen molar-refractivity contribution < 1.29 is 4.74 Å². The van der Waals surface area contributed by atoms with Crippen molar-refractivity contribution in [1.29, 1.82) is 0 Å². The van der Waals surface area contributed by atoms with Crippen molar-refractivity contribution in [1.82, 2.24) is 10.3 Å². The molecule has 0 unspecified atom stereocenters. The molecule has 2 aromatic rings.